The Bertz CT molecular complexity index is 828. The first-order valence-corrected chi connectivity index (χ1v) is 10.6. The summed E-state index contributed by atoms with van der Waals surface area (Å²) in [4.78, 5) is 27.4. The molecule has 2 amide bonds. The first-order chi connectivity index (χ1) is 13.3. The van der Waals surface area contributed by atoms with Crippen LogP contribution in [-0.2, 0) is 22.6 Å². The number of nitrogens with zero attached hydrogens (tertiary/aromatic N) is 1. The van der Waals surface area contributed by atoms with E-state index in [0.29, 0.717) is 11.6 Å². The number of benzene rings is 2. The Morgan fingerprint density at radius 3 is 2.43 bits per heavy atom. The minimum absolute atomic E-state index is 0.0608. The highest BCUT2D eigenvalue weighted by Gasteiger charge is 2.26. The van der Waals surface area contributed by atoms with Crippen LogP contribution in [0.25, 0.3) is 0 Å². The zero-order valence-corrected chi connectivity index (χ0v) is 18.8. The van der Waals surface area contributed by atoms with Crippen molar-refractivity contribution >= 4 is 39.3 Å². The van der Waals surface area contributed by atoms with Crippen molar-refractivity contribution in [2.75, 3.05) is 0 Å². The number of carbonyl (C=O) groups is 2. The lowest BCUT2D eigenvalue weighted by Crippen LogP contribution is -2.49. The van der Waals surface area contributed by atoms with Gasteiger partial charge in [-0.05, 0) is 55.7 Å². The summed E-state index contributed by atoms with van der Waals surface area (Å²) in [5.41, 5.74) is 1.78. The van der Waals surface area contributed by atoms with E-state index in [9.17, 15) is 9.59 Å². The summed E-state index contributed by atoms with van der Waals surface area (Å²) in [6.45, 7) is 6.09. The highest BCUT2D eigenvalue weighted by molar-refractivity contribution is 9.10. The van der Waals surface area contributed by atoms with Crippen molar-refractivity contribution in [3.63, 3.8) is 0 Å². The van der Waals surface area contributed by atoms with Crippen LogP contribution in [0.3, 0.4) is 0 Å². The second-order valence-corrected chi connectivity index (χ2v) is 8.30. The highest BCUT2D eigenvalue weighted by atomic mass is 79.9. The van der Waals surface area contributed by atoms with Crippen LogP contribution in [0.5, 0.6) is 0 Å². The number of carbonyl (C=O) groups excluding carboxylic acids is 2. The Morgan fingerprint density at radius 1 is 1.11 bits per heavy atom. The molecule has 28 heavy (non-hydrogen) atoms. The van der Waals surface area contributed by atoms with E-state index in [2.05, 4.69) is 21.2 Å². The summed E-state index contributed by atoms with van der Waals surface area (Å²) >= 11 is 9.51. The van der Waals surface area contributed by atoms with Gasteiger partial charge in [0.25, 0.3) is 0 Å². The van der Waals surface area contributed by atoms with Crippen molar-refractivity contribution in [2.45, 2.75) is 52.2 Å². The van der Waals surface area contributed by atoms with Crippen molar-refractivity contribution in [2.24, 2.45) is 0 Å². The van der Waals surface area contributed by atoms with Gasteiger partial charge in [-0.3, -0.25) is 9.59 Å². The van der Waals surface area contributed by atoms with Crippen LogP contribution in [0, 0.1) is 0 Å². The number of nitrogens with one attached hydrogen (secondary N) is 1. The van der Waals surface area contributed by atoms with E-state index in [4.69, 9.17) is 11.6 Å². The van der Waals surface area contributed by atoms with Crippen LogP contribution >= 0.6 is 27.5 Å². The third kappa shape index (κ3) is 6.64. The zero-order chi connectivity index (χ0) is 20.7. The largest absolute Gasteiger partial charge is 0.352 e. The zero-order valence-electron chi connectivity index (χ0n) is 16.4. The fraction of sp³-hybridized carbons (Fsp3) is 0.364. The molecule has 6 heteroatoms. The van der Waals surface area contributed by atoms with Gasteiger partial charge in [0, 0.05) is 22.1 Å². The third-order valence-corrected chi connectivity index (χ3v) is 5.38. The molecule has 2 rings (SSSR count). The number of hydrogen-bond acceptors (Lipinski definition) is 2. The molecule has 2 atom stereocenters. The normalized spacial score (nSPS) is 12.9. The molecular weight excluding hydrogens is 440 g/mol. The van der Waals surface area contributed by atoms with Crippen LogP contribution < -0.4 is 5.32 Å². The number of halogens is 2. The standard InChI is InChI=1S/C22H26BrClN2O2/c1-4-15(2)25-22(28)16(3)26(14-18-8-5-9-19(23)11-18)21(27)13-17-7-6-10-20(24)12-17/h5-12,15-16H,4,13-14H2,1-3H3,(H,25,28)/t15-,16-/m1/s1. The molecule has 0 heterocycles. The molecule has 0 bridgehead atoms. The van der Waals surface area contributed by atoms with Crippen LogP contribution in [0.4, 0.5) is 0 Å². The molecule has 2 aromatic rings. The molecule has 150 valence electrons. The first-order valence-electron chi connectivity index (χ1n) is 9.39. The van der Waals surface area contributed by atoms with Crippen molar-refractivity contribution in [1.82, 2.24) is 10.2 Å². The van der Waals surface area contributed by atoms with Gasteiger partial charge in [0.05, 0.1) is 6.42 Å². The van der Waals surface area contributed by atoms with E-state index >= 15 is 0 Å². The van der Waals surface area contributed by atoms with Crippen LogP contribution in [0.15, 0.2) is 53.0 Å². The quantitative estimate of drug-likeness (QED) is 0.598. The summed E-state index contributed by atoms with van der Waals surface area (Å²) in [5, 5.41) is 3.56. The van der Waals surface area contributed by atoms with Crippen LogP contribution in [0.2, 0.25) is 5.02 Å². The van der Waals surface area contributed by atoms with E-state index < -0.39 is 6.04 Å². The lowest BCUT2D eigenvalue weighted by molar-refractivity contribution is -0.140. The highest BCUT2D eigenvalue weighted by Crippen LogP contribution is 2.18. The van der Waals surface area contributed by atoms with E-state index in [-0.39, 0.29) is 24.3 Å². The topological polar surface area (TPSA) is 49.4 Å². The van der Waals surface area contributed by atoms with Gasteiger partial charge in [0.2, 0.25) is 11.8 Å². The van der Waals surface area contributed by atoms with Gasteiger partial charge in [-0.1, -0.05) is 58.7 Å². The molecule has 1 N–H and O–H groups in total. The maximum Gasteiger partial charge on any atom is 0.242 e. The molecule has 0 saturated heterocycles. The number of amides is 2. The molecule has 0 aromatic heterocycles. The Morgan fingerprint density at radius 2 is 1.79 bits per heavy atom. The van der Waals surface area contributed by atoms with Crippen LogP contribution in [0.1, 0.15) is 38.3 Å². The Labute approximate surface area is 180 Å². The second-order valence-electron chi connectivity index (χ2n) is 6.95. The smallest absolute Gasteiger partial charge is 0.242 e. The molecule has 0 aliphatic carbocycles. The molecule has 0 radical (unpaired) electrons. The SMILES string of the molecule is CC[C@@H](C)NC(=O)[C@@H](C)N(Cc1cccc(Br)c1)C(=O)Cc1cccc(Cl)c1. The lowest BCUT2D eigenvalue weighted by Gasteiger charge is -2.30. The summed E-state index contributed by atoms with van der Waals surface area (Å²) in [5.74, 6) is -0.266. The maximum absolute atomic E-state index is 13.1. The summed E-state index contributed by atoms with van der Waals surface area (Å²) in [6.07, 6.45) is 1.02. The van der Waals surface area contributed by atoms with Crippen LogP contribution in [-0.4, -0.2) is 28.8 Å². The molecule has 0 saturated carbocycles. The molecule has 4 nitrogen and oxygen atoms in total. The molecule has 0 aliphatic heterocycles. The molecule has 0 fully saturated rings. The summed E-state index contributed by atoms with van der Waals surface area (Å²) in [6, 6.07) is 14.5. The Hall–Kier alpha value is -1.85. The van der Waals surface area contributed by atoms with Crippen molar-refractivity contribution < 1.29 is 9.59 Å². The fourth-order valence-corrected chi connectivity index (χ4v) is 3.46. The van der Waals surface area contributed by atoms with Gasteiger partial charge in [0.15, 0.2) is 0 Å². The van der Waals surface area contributed by atoms with Crippen molar-refractivity contribution in [1.29, 1.82) is 0 Å². The van der Waals surface area contributed by atoms with Crippen molar-refractivity contribution in [3.8, 4) is 0 Å². The van der Waals surface area contributed by atoms with Gasteiger partial charge in [-0.15, -0.1) is 0 Å². The average molecular weight is 466 g/mol. The van der Waals surface area contributed by atoms with E-state index in [0.717, 1.165) is 22.0 Å². The molecule has 0 spiro atoms. The molecule has 2 aromatic carbocycles. The Balaban J connectivity index is 2.23. The van der Waals surface area contributed by atoms with Gasteiger partial charge in [0.1, 0.15) is 6.04 Å². The minimum Gasteiger partial charge on any atom is -0.352 e. The van der Waals surface area contributed by atoms with Gasteiger partial charge >= 0.3 is 0 Å². The van der Waals surface area contributed by atoms with Gasteiger partial charge in [-0.2, -0.15) is 0 Å². The predicted molar refractivity (Wildman–Crippen MR) is 117 cm³/mol. The fourth-order valence-electron chi connectivity index (χ4n) is 2.80. The van der Waals surface area contributed by atoms with E-state index in [1.165, 1.54) is 0 Å². The third-order valence-electron chi connectivity index (χ3n) is 4.65. The molecular formula is C22H26BrClN2O2. The average Bonchev–Trinajstić information content (AvgIpc) is 2.65. The second kappa shape index (κ2) is 10.6. The maximum atomic E-state index is 13.1. The van der Waals surface area contributed by atoms with Crippen molar-refractivity contribution in [3.05, 3.63) is 69.2 Å². The van der Waals surface area contributed by atoms with E-state index in [1.54, 1.807) is 24.0 Å². The first kappa shape index (κ1) is 22.4. The number of rotatable bonds is 8. The predicted octanol–water partition coefficient (Wildman–Crippen LogP) is 4.98. The van der Waals surface area contributed by atoms with Gasteiger partial charge in [-0.25, -0.2) is 0 Å². The van der Waals surface area contributed by atoms with E-state index in [1.807, 2.05) is 50.2 Å². The summed E-state index contributed by atoms with van der Waals surface area (Å²) < 4.78 is 0.934. The van der Waals surface area contributed by atoms with Gasteiger partial charge < -0.3 is 10.2 Å². The number of hydrogen-bond donors (Lipinski definition) is 1. The molecule has 0 aliphatic rings. The lowest BCUT2D eigenvalue weighted by atomic mass is 10.1. The molecule has 0 unspecified atom stereocenters. The minimum atomic E-state index is -0.584. The Kier molecular flexibility index (Phi) is 8.52. The monoisotopic (exact) mass is 464 g/mol. The summed E-state index contributed by atoms with van der Waals surface area (Å²) in [7, 11) is 0.